The van der Waals surface area contributed by atoms with Gasteiger partial charge in [-0.05, 0) is 43.2 Å². The molecule has 0 radical (unpaired) electrons. The van der Waals surface area contributed by atoms with E-state index in [1.54, 1.807) is 12.1 Å². The molecule has 0 aliphatic rings. The van der Waals surface area contributed by atoms with E-state index in [-0.39, 0.29) is 24.3 Å². The lowest BCUT2D eigenvalue weighted by molar-refractivity contribution is -0.121. The third kappa shape index (κ3) is 5.10. The van der Waals surface area contributed by atoms with Crippen molar-refractivity contribution in [1.82, 2.24) is 10.6 Å². The maximum atomic E-state index is 12.1. The van der Waals surface area contributed by atoms with Gasteiger partial charge in [0.15, 0.2) is 0 Å². The third-order valence-electron chi connectivity index (χ3n) is 3.75. The number of hydrogen-bond acceptors (Lipinski definition) is 2. The van der Waals surface area contributed by atoms with Crippen molar-refractivity contribution in [2.75, 3.05) is 6.54 Å². The van der Waals surface area contributed by atoms with Crippen LogP contribution in [0.2, 0.25) is 5.02 Å². The number of aryl methyl sites for hydroxylation is 1. The Labute approximate surface area is 147 Å². The number of benzene rings is 2. The van der Waals surface area contributed by atoms with E-state index in [9.17, 15) is 9.59 Å². The molecule has 0 unspecified atom stereocenters. The Balaban J connectivity index is 1.79. The van der Waals surface area contributed by atoms with E-state index in [4.69, 9.17) is 11.6 Å². The van der Waals surface area contributed by atoms with Crippen molar-refractivity contribution in [3.05, 3.63) is 70.2 Å². The van der Waals surface area contributed by atoms with E-state index < -0.39 is 0 Å². The van der Waals surface area contributed by atoms with Gasteiger partial charge < -0.3 is 10.6 Å². The topological polar surface area (TPSA) is 58.2 Å². The predicted molar refractivity (Wildman–Crippen MR) is 96.1 cm³/mol. The highest BCUT2D eigenvalue weighted by Crippen LogP contribution is 2.17. The van der Waals surface area contributed by atoms with Crippen molar-refractivity contribution in [1.29, 1.82) is 0 Å². The van der Waals surface area contributed by atoms with Crippen molar-refractivity contribution in [3.63, 3.8) is 0 Å². The van der Waals surface area contributed by atoms with Crippen LogP contribution in [0, 0.1) is 6.92 Å². The molecule has 0 saturated heterocycles. The van der Waals surface area contributed by atoms with Gasteiger partial charge in [0.05, 0.1) is 6.04 Å². The zero-order valence-electron chi connectivity index (χ0n) is 13.8. The maximum Gasteiger partial charge on any atom is 0.251 e. The average Bonchev–Trinajstić information content (AvgIpc) is 2.55. The lowest BCUT2D eigenvalue weighted by Gasteiger charge is -2.15. The van der Waals surface area contributed by atoms with Crippen molar-refractivity contribution in [3.8, 4) is 0 Å². The van der Waals surface area contributed by atoms with Crippen LogP contribution in [0.25, 0.3) is 0 Å². The SMILES string of the molecule is Cc1ccccc1C(=O)NCCC(=O)N[C@@H](C)c1cccc(Cl)c1. The fourth-order valence-corrected chi connectivity index (χ4v) is 2.58. The van der Waals surface area contributed by atoms with Gasteiger partial charge in [0.25, 0.3) is 5.91 Å². The molecule has 5 heteroatoms. The number of hydrogen-bond donors (Lipinski definition) is 2. The summed E-state index contributed by atoms with van der Waals surface area (Å²) in [7, 11) is 0. The Kier molecular flexibility index (Phi) is 6.38. The molecule has 0 bridgehead atoms. The second-order valence-corrected chi connectivity index (χ2v) is 6.10. The first-order chi connectivity index (χ1) is 11.5. The van der Waals surface area contributed by atoms with E-state index in [1.807, 2.05) is 50.2 Å². The van der Waals surface area contributed by atoms with Crippen LogP contribution in [0.3, 0.4) is 0 Å². The van der Waals surface area contributed by atoms with E-state index in [0.717, 1.165) is 11.1 Å². The number of carbonyl (C=O) groups excluding carboxylic acids is 2. The van der Waals surface area contributed by atoms with Crippen molar-refractivity contribution >= 4 is 23.4 Å². The number of nitrogens with one attached hydrogen (secondary N) is 2. The second-order valence-electron chi connectivity index (χ2n) is 5.67. The summed E-state index contributed by atoms with van der Waals surface area (Å²) in [6.45, 7) is 4.07. The molecule has 126 valence electrons. The first-order valence-electron chi connectivity index (χ1n) is 7.86. The van der Waals surface area contributed by atoms with Crippen LogP contribution in [0.15, 0.2) is 48.5 Å². The van der Waals surface area contributed by atoms with Crippen molar-refractivity contribution in [2.24, 2.45) is 0 Å². The van der Waals surface area contributed by atoms with Gasteiger partial charge in [-0.25, -0.2) is 0 Å². The Morgan fingerprint density at radius 3 is 2.58 bits per heavy atom. The zero-order chi connectivity index (χ0) is 17.5. The van der Waals surface area contributed by atoms with E-state index in [2.05, 4.69) is 10.6 Å². The molecule has 2 N–H and O–H groups in total. The Bertz CT molecular complexity index is 731. The number of amides is 2. The molecule has 0 fully saturated rings. The van der Waals surface area contributed by atoms with Gasteiger partial charge in [-0.2, -0.15) is 0 Å². The smallest absolute Gasteiger partial charge is 0.251 e. The molecule has 24 heavy (non-hydrogen) atoms. The van der Waals surface area contributed by atoms with Gasteiger partial charge >= 0.3 is 0 Å². The monoisotopic (exact) mass is 344 g/mol. The van der Waals surface area contributed by atoms with E-state index in [0.29, 0.717) is 17.1 Å². The van der Waals surface area contributed by atoms with Crippen LogP contribution in [-0.4, -0.2) is 18.4 Å². The predicted octanol–water partition coefficient (Wildman–Crippen LogP) is 3.65. The molecule has 2 aromatic carbocycles. The first kappa shape index (κ1) is 18.0. The number of rotatable bonds is 6. The quantitative estimate of drug-likeness (QED) is 0.840. The molecule has 2 amide bonds. The van der Waals surface area contributed by atoms with Gasteiger partial charge in [0, 0.05) is 23.6 Å². The minimum atomic E-state index is -0.163. The van der Waals surface area contributed by atoms with Crippen LogP contribution < -0.4 is 10.6 Å². The summed E-state index contributed by atoms with van der Waals surface area (Å²) in [6, 6.07) is 14.6. The Morgan fingerprint density at radius 2 is 1.88 bits per heavy atom. The summed E-state index contributed by atoms with van der Waals surface area (Å²) in [4.78, 5) is 24.1. The maximum absolute atomic E-state index is 12.1. The van der Waals surface area contributed by atoms with Crippen LogP contribution in [0.4, 0.5) is 0 Å². The highest BCUT2D eigenvalue weighted by atomic mass is 35.5. The fourth-order valence-electron chi connectivity index (χ4n) is 2.39. The lowest BCUT2D eigenvalue weighted by Crippen LogP contribution is -2.32. The van der Waals surface area contributed by atoms with Crippen LogP contribution in [0.1, 0.15) is 40.9 Å². The summed E-state index contributed by atoms with van der Waals surface area (Å²) in [6.07, 6.45) is 0.225. The van der Waals surface area contributed by atoms with Crippen molar-refractivity contribution < 1.29 is 9.59 Å². The molecule has 0 aliphatic heterocycles. The Hall–Kier alpha value is -2.33. The molecule has 0 aromatic heterocycles. The van der Waals surface area contributed by atoms with Gasteiger partial charge in [-0.1, -0.05) is 41.9 Å². The minimum Gasteiger partial charge on any atom is -0.352 e. The summed E-state index contributed by atoms with van der Waals surface area (Å²) >= 11 is 5.95. The zero-order valence-corrected chi connectivity index (χ0v) is 14.6. The third-order valence-corrected chi connectivity index (χ3v) is 3.99. The van der Waals surface area contributed by atoms with Gasteiger partial charge in [0.1, 0.15) is 0 Å². The van der Waals surface area contributed by atoms with Crippen LogP contribution in [-0.2, 0) is 4.79 Å². The molecule has 1 atom stereocenters. The molecule has 0 spiro atoms. The summed E-state index contributed by atoms with van der Waals surface area (Å²) < 4.78 is 0. The van der Waals surface area contributed by atoms with E-state index in [1.165, 1.54) is 0 Å². The molecule has 0 heterocycles. The van der Waals surface area contributed by atoms with Gasteiger partial charge in [0.2, 0.25) is 5.91 Å². The molecule has 0 aliphatic carbocycles. The fraction of sp³-hybridized carbons (Fsp3) is 0.263. The molecule has 0 saturated carbocycles. The van der Waals surface area contributed by atoms with E-state index >= 15 is 0 Å². The van der Waals surface area contributed by atoms with Crippen molar-refractivity contribution in [2.45, 2.75) is 26.3 Å². The summed E-state index contributed by atoms with van der Waals surface area (Å²) in [5, 5.41) is 6.31. The lowest BCUT2D eigenvalue weighted by atomic mass is 10.1. The number of halogens is 1. The molecular weight excluding hydrogens is 324 g/mol. The molecular formula is C19H21ClN2O2. The second kappa shape index (κ2) is 8.50. The number of carbonyl (C=O) groups is 2. The molecule has 2 rings (SSSR count). The first-order valence-corrected chi connectivity index (χ1v) is 8.24. The molecule has 4 nitrogen and oxygen atoms in total. The normalized spacial score (nSPS) is 11.6. The minimum absolute atomic E-state index is 0.118. The highest BCUT2D eigenvalue weighted by Gasteiger charge is 2.11. The van der Waals surface area contributed by atoms with Gasteiger partial charge in [-0.15, -0.1) is 0 Å². The summed E-state index contributed by atoms with van der Waals surface area (Å²) in [5.74, 6) is -0.281. The van der Waals surface area contributed by atoms with Gasteiger partial charge in [-0.3, -0.25) is 9.59 Å². The molecule has 2 aromatic rings. The Morgan fingerprint density at radius 1 is 1.12 bits per heavy atom. The van der Waals surface area contributed by atoms with Crippen LogP contribution >= 0.6 is 11.6 Å². The van der Waals surface area contributed by atoms with Crippen LogP contribution in [0.5, 0.6) is 0 Å². The average molecular weight is 345 g/mol. The highest BCUT2D eigenvalue weighted by molar-refractivity contribution is 6.30. The summed E-state index contributed by atoms with van der Waals surface area (Å²) in [5.41, 5.74) is 2.49. The largest absolute Gasteiger partial charge is 0.352 e. The standard InChI is InChI=1S/C19H21ClN2O2/c1-13-6-3-4-9-17(13)19(24)21-11-10-18(23)22-14(2)15-7-5-8-16(20)12-15/h3-9,12,14H,10-11H2,1-2H3,(H,21,24)(H,22,23)/t14-/m0/s1.